The quantitative estimate of drug-likeness (QED) is 0.399. The molecule has 0 radical (unpaired) electrons. The molecule has 1 aliphatic carbocycles. The van der Waals surface area contributed by atoms with Crippen LogP contribution in [0.5, 0.6) is 0 Å². The van der Waals surface area contributed by atoms with E-state index in [0.29, 0.717) is 0 Å². The molecule has 0 bridgehead atoms. The predicted molar refractivity (Wildman–Crippen MR) is 38.3 cm³/mol. The summed E-state index contributed by atoms with van der Waals surface area (Å²) in [5.74, 6) is 5.07. The van der Waals surface area contributed by atoms with Gasteiger partial charge >= 0.3 is 0 Å². The maximum Gasteiger partial charge on any atom is 0.0158 e. The summed E-state index contributed by atoms with van der Waals surface area (Å²) in [7, 11) is 0. The van der Waals surface area contributed by atoms with E-state index in [1.54, 1.807) is 6.20 Å². The summed E-state index contributed by atoms with van der Waals surface area (Å²) in [6.45, 7) is 0. The van der Waals surface area contributed by atoms with E-state index in [1.165, 1.54) is 5.57 Å². The Morgan fingerprint density at radius 3 is 3.00 bits per heavy atom. The average molecular weight is 122 g/mol. The molecule has 3 N–H and O–H groups in total. The van der Waals surface area contributed by atoms with Crippen molar-refractivity contribution in [1.82, 2.24) is 5.43 Å². The predicted octanol–water partition coefficient (Wildman–Crippen LogP) is 0.850. The van der Waals surface area contributed by atoms with Crippen LogP contribution in [-0.4, -0.2) is 0 Å². The minimum absolute atomic E-state index is 0.973. The third-order valence-corrected chi connectivity index (χ3v) is 1.18. The number of rotatable bonds is 1. The molecule has 0 saturated carbocycles. The maximum atomic E-state index is 5.07. The van der Waals surface area contributed by atoms with Gasteiger partial charge in [-0.15, -0.1) is 0 Å². The monoisotopic (exact) mass is 122 g/mol. The molecular weight excluding hydrogens is 112 g/mol. The fourth-order valence-corrected chi connectivity index (χ4v) is 0.744. The molecular formula is C7H10N2. The van der Waals surface area contributed by atoms with Gasteiger partial charge in [-0.2, -0.15) is 0 Å². The second kappa shape index (κ2) is 3.10. The van der Waals surface area contributed by atoms with Crippen molar-refractivity contribution in [2.24, 2.45) is 5.84 Å². The molecule has 0 atom stereocenters. The summed E-state index contributed by atoms with van der Waals surface area (Å²) < 4.78 is 0. The lowest BCUT2D eigenvalue weighted by molar-refractivity contribution is 0.948. The van der Waals surface area contributed by atoms with E-state index in [0.717, 1.165) is 6.42 Å². The van der Waals surface area contributed by atoms with E-state index in [-0.39, 0.29) is 0 Å². The summed E-state index contributed by atoms with van der Waals surface area (Å²) in [5.41, 5.74) is 3.70. The topological polar surface area (TPSA) is 38.0 Å². The van der Waals surface area contributed by atoms with Crippen molar-refractivity contribution in [1.29, 1.82) is 0 Å². The highest BCUT2D eigenvalue weighted by Gasteiger charge is 1.89. The van der Waals surface area contributed by atoms with E-state index < -0.39 is 0 Å². The lowest BCUT2D eigenvalue weighted by Crippen LogP contribution is -2.14. The zero-order valence-electron chi connectivity index (χ0n) is 5.17. The molecule has 0 spiro atoms. The van der Waals surface area contributed by atoms with Crippen molar-refractivity contribution in [2.75, 3.05) is 0 Å². The van der Waals surface area contributed by atoms with Crippen LogP contribution in [0.15, 0.2) is 36.1 Å². The average Bonchev–Trinajstić information content (AvgIpc) is 1.91. The largest absolute Gasteiger partial charge is 0.331 e. The van der Waals surface area contributed by atoms with Gasteiger partial charge in [0.25, 0.3) is 0 Å². The summed E-state index contributed by atoms with van der Waals surface area (Å²) in [6.07, 6.45) is 10.9. The highest BCUT2D eigenvalue weighted by Crippen LogP contribution is 2.07. The summed E-state index contributed by atoms with van der Waals surface area (Å²) in [5, 5.41) is 0. The van der Waals surface area contributed by atoms with Gasteiger partial charge in [-0.3, -0.25) is 5.84 Å². The Hall–Kier alpha value is -1.02. The van der Waals surface area contributed by atoms with Gasteiger partial charge in [0.05, 0.1) is 0 Å². The third-order valence-electron chi connectivity index (χ3n) is 1.18. The van der Waals surface area contributed by atoms with E-state index in [1.807, 2.05) is 18.2 Å². The number of allylic oxidation sites excluding steroid dienone is 5. The summed E-state index contributed by atoms with van der Waals surface area (Å²) in [4.78, 5) is 0. The first-order valence-electron chi connectivity index (χ1n) is 2.92. The molecule has 0 aromatic rings. The van der Waals surface area contributed by atoms with E-state index in [2.05, 4.69) is 11.5 Å². The van der Waals surface area contributed by atoms with E-state index >= 15 is 0 Å². The van der Waals surface area contributed by atoms with E-state index in [4.69, 9.17) is 5.84 Å². The SMILES string of the molecule is NN/C=C1/C=CC=CC1. The zero-order valence-corrected chi connectivity index (χ0v) is 5.17. The molecule has 0 fully saturated rings. The molecule has 0 aromatic carbocycles. The highest BCUT2D eigenvalue weighted by atomic mass is 15.2. The lowest BCUT2D eigenvalue weighted by atomic mass is 10.1. The molecule has 0 heterocycles. The standard InChI is InChI=1S/C7H10N2/c8-9-6-7-4-2-1-3-5-7/h1-4,6,9H,5,8H2/b7-6-. The number of hydrogen-bond acceptors (Lipinski definition) is 2. The summed E-state index contributed by atoms with van der Waals surface area (Å²) in [6, 6.07) is 0. The van der Waals surface area contributed by atoms with Gasteiger partial charge in [0.1, 0.15) is 0 Å². The second-order valence-electron chi connectivity index (χ2n) is 1.88. The Bertz CT molecular complexity index is 166. The number of nitrogens with one attached hydrogen (secondary N) is 1. The minimum atomic E-state index is 0.973. The molecule has 0 saturated heterocycles. The first-order valence-corrected chi connectivity index (χ1v) is 2.92. The van der Waals surface area contributed by atoms with Gasteiger partial charge in [0.15, 0.2) is 0 Å². The van der Waals surface area contributed by atoms with Crippen LogP contribution in [0.3, 0.4) is 0 Å². The van der Waals surface area contributed by atoms with Crippen molar-refractivity contribution < 1.29 is 0 Å². The first-order chi connectivity index (χ1) is 4.43. The van der Waals surface area contributed by atoms with Gasteiger partial charge in [-0.1, -0.05) is 24.3 Å². The Morgan fingerprint density at radius 2 is 2.44 bits per heavy atom. The fraction of sp³-hybridized carbons (Fsp3) is 0.143. The fourth-order valence-electron chi connectivity index (χ4n) is 0.744. The van der Waals surface area contributed by atoms with Crippen LogP contribution in [0.2, 0.25) is 0 Å². The van der Waals surface area contributed by atoms with Gasteiger partial charge in [-0.05, 0) is 12.0 Å². The molecule has 0 amide bonds. The van der Waals surface area contributed by atoms with Crippen LogP contribution in [0.25, 0.3) is 0 Å². The Balaban J connectivity index is 2.55. The molecule has 1 rings (SSSR count). The molecule has 1 aliphatic rings. The van der Waals surface area contributed by atoms with Crippen molar-refractivity contribution in [3.63, 3.8) is 0 Å². The van der Waals surface area contributed by atoms with E-state index in [9.17, 15) is 0 Å². The number of hydrazine groups is 1. The van der Waals surface area contributed by atoms with Crippen molar-refractivity contribution in [3.8, 4) is 0 Å². The van der Waals surface area contributed by atoms with Crippen LogP contribution in [0.4, 0.5) is 0 Å². The van der Waals surface area contributed by atoms with Crippen LogP contribution < -0.4 is 11.3 Å². The Labute approximate surface area is 54.7 Å². The van der Waals surface area contributed by atoms with Crippen LogP contribution in [-0.2, 0) is 0 Å². The summed E-state index contributed by atoms with van der Waals surface area (Å²) >= 11 is 0. The molecule has 0 aromatic heterocycles. The normalized spacial score (nSPS) is 20.8. The Morgan fingerprint density at radius 1 is 1.56 bits per heavy atom. The molecule has 0 unspecified atom stereocenters. The number of hydrogen-bond donors (Lipinski definition) is 2. The maximum absolute atomic E-state index is 5.07. The van der Waals surface area contributed by atoms with Gasteiger partial charge in [0.2, 0.25) is 0 Å². The zero-order chi connectivity index (χ0) is 6.53. The molecule has 2 heteroatoms. The molecule has 0 aliphatic heterocycles. The van der Waals surface area contributed by atoms with Crippen molar-refractivity contribution >= 4 is 0 Å². The second-order valence-corrected chi connectivity index (χ2v) is 1.88. The lowest BCUT2D eigenvalue weighted by Gasteiger charge is -1.99. The number of nitrogens with two attached hydrogens (primary N) is 1. The minimum Gasteiger partial charge on any atom is -0.331 e. The first kappa shape index (κ1) is 6.11. The van der Waals surface area contributed by atoms with Crippen LogP contribution in [0, 0.1) is 0 Å². The Kier molecular flexibility index (Phi) is 2.10. The van der Waals surface area contributed by atoms with Gasteiger partial charge in [-0.25, -0.2) is 0 Å². The van der Waals surface area contributed by atoms with Gasteiger partial charge < -0.3 is 5.43 Å². The van der Waals surface area contributed by atoms with Crippen molar-refractivity contribution in [2.45, 2.75) is 6.42 Å². The van der Waals surface area contributed by atoms with Gasteiger partial charge in [0, 0.05) is 6.20 Å². The molecule has 2 nitrogen and oxygen atoms in total. The third kappa shape index (κ3) is 1.74. The van der Waals surface area contributed by atoms with Crippen molar-refractivity contribution in [3.05, 3.63) is 36.1 Å². The molecule has 9 heavy (non-hydrogen) atoms. The smallest absolute Gasteiger partial charge is 0.0158 e. The van der Waals surface area contributed by atoms with Crippen LogP contribution in [0.1, 0.15) is 6.42 Å². The van der Waals surface area contributed by atoms with Crippen LogP contribution >= 0.6 is 0 Å². The molecule has 48 valence electrons. The highest BCUT2D eigenvalue weighted by molar-refractivity contribution is 5.28.